The van der Waals surface area contributed by atoms with Crippen LogP contribution in [0.15, 0.2) is 60.7 Å². The van der Waals surface area contributed by atoms with E-state index in [0.29, 0.717) is 0 Å². The lowest BCUT2D eigenvalue weighted by molar-refractivity contribution is -0.157. The summed E-state index contributed by atoms with van der Waals surface area (Å²) in [5, 5.41) is -0.740. The van der Waals surface area contributed by atoms with Crippen molar-refractivity contribution in [1.29, 1.82) is 0 Å². The average Bonchev–Trinajstić information content (AvgIpc) is 3.07. The number of carbonyl (C=O) groups is 3. The fourth-order valence-electron chi connectivity index (χ4n) is 4.56. The topological polar surface area (TPSA) is 66.9 Å². The summed E-state index contributed by atoms with van der Waals surface area (Å²) in [5.41, 5.74) is 1.71. The maximum absolute atomic E-state index is 13.5. The first-order chi connectivity index (χ1) is 15.5. The molecule has 4 rings (SSSR count). The third-order valence-electron chi connectivity index (χ3n) is 6.16. The number of halogens is 1. The summed E-state index contributed by atoms with van der Waals surface area (Å²) in [6.45, 7) is 0.372. The van der Waals surface area contributed by atoms with Gasteiger partial charge in [0.1, 0.15) is 12.1 Å². The summed E-state index contributed by atoms with van der Waals surface area (Å²) in [6, 6.07) is 16.2. The van der Waals surface area contributed by atoms with Gasteiger partial charge in [-0.2, -0.15) is 0 Å². The lowest BCUT2D eigenvalue weighted by Crippen LogP contribution is -2.48. The average molecular weight is 455 g/mol. The highest BCUT2D eigenvalue weighted by atomic mass is 35.5. The molecule has 0 aromatic heterocycles. The van der Waals surface area contributed by atoms with Gasteiger partial charge in [-0.3, -0.25) is 4.79 Å². The molecule has 168 valence electrons. The Morgan fingerprint density at radius 3 is 1.81 bits per heavy atom. The van der Waals surface area contributed by atoms with E-state index in [0.717, 1.165) is 43.2 Å². The molecule has 2 amide bonds. The van der Waals surface area contributed by atoms with Crippen LogP contribution in [0.2, 0.25) is 0 Å². The summed E-state index contributed by atoms with van der Waals surface area (Å²) < 4.78 is 5.80. The molecular formula is C25H27ClN2O4. The smallest absolute Gasteiger partial charge is 0.331 e. The van der Waals surface area contributed by atoms with Crippen molar-refractivity contribution in [3.63, 3.8) is 0 Å². The van der Waals surface area contributed by atoms with Crippen LogP contribution in [-0.4, -0.2) is 45.2 Å². The Labute approximate surface area is 193 Å². The van der Waals surface area contributed by atoms with Crippen LogP contribution < -0.4 is 0 Å². The highest BCUT2D eigenvalue weighted by Gasteiger charge is 2.53. The van der Waals surface area contributed by atoms with Crippen LogP contribution in [0, 0.1) is 0 Å². The number of ether oxygens (including phenoxy) is 1. The predicted molar refractivity (Wildman–Crippen MR) is 121 cm³/mol. The van der Waals surface area contributed by atoms with Crippen LogP contribution in [0.3, 0.4) is 0 Å². The summed E-state index contributed by atoms with van der Waals surface area (Å²) in [6.07, 6.45) is 4.57. The SMILES string of the molecule is O=C(OC1CCCCC1)[C@@H]1[C@H](C(=O)Cl)N(Cc2ccccc2)C(=O)N1Cc1ccccc1. The number of hydrogen-bond donors (Lipinski definition) is 0. The molecule has 1 saturated heterocycles. The Kier molecular flexibility index (Phi) is 7.10. The van der Waals surface area contributed by atoms with Gasteiger partial charge < -0.3 is 14.5 Å². The van der Waals surface area contributed by atoms with E-state index in [1.165, 1.54) is 9.80 Å². The zero-order valence-corrected chi connectivity index (χ0v) is 18.6. The highest BCUT2D eigenvalue weighted by molar-refractivity contribution is 6.65. The van der Waals surface area contributed by atoms with Crippen LogP contribution in [-0.2, 0) is 27.4 Å². The van der Waals surface area contributed by atoms with Gasteiger partial charge in [0, 0.05) is 13.1 Å². The number of nitrogens with zero attached hydrogens (tertiary/aromatic N) is 2. The first-order valence-electron chi connectivity index (χ1n) is 11.1. The molecule has 0 N–H and O–H groups in total. The molecule has 1 aliphatic carbocycles. The molecule has 2 atom stereocenters. The lowest BCUT2D eigenvalue weighted by atomic mass is 9.97. The van der Waals surface area contributed by atoms with Crippen molar-refractivity contribution < 1.29 is 19.1 Å². The van der Waals surface area contributed by atoms with Crippen LogP contribution in [0.4, 0.5) is 4.79 Å². The van der Waals surface area contributed by atoms with Crippen molar-refractivity contribution in [2.45, 2.75) is 63.4 Å². The van der Waals surface area contributed by atoms with E-state index in [2.05, 4.69) is 0 Å². The molecule has 2 aromatic rings. The Morgan fingerprint density at radius 1 is 0.812 bits per heavy atom. The second-order valence-corrected chi connectivity index (χ2v) is 8.77. The molecule has 7 heteroatoms. The van der Waals surface area contributed by atoms with Gasteiger partial charge in [-0.1, -0.05) is 67.1 Å². The second kappa shape index (κ2) is 10.2. The zero-order chi connectivity index (χ0) is 22.5. The minimum Gasteiger partial charge on any atom is -0.461 e. The molecule has 0 radical (unpaired) electrons. The monoisotopic (exact) mass is 454 g/mol. The lowest BCUT2D eigenvalue weighted by Gasteiger charge is -2.28. The number of rotatable bonds is 7. The summed E-state index contributed by atoms with van der Waals surface area (Å²) >= 11 is 5.99. The summed E-state index contributed by atoms with van der Waals surface area (Å²) in [7, 11) is 0. The summed E-state index contributed by atoms with van der Waals surface area (Å²) in [5.74, 6) is -0.559. The van der Waals surface area contributed by atoms with Crippen molar-refractivity contribution in [2.24, 2.45) is 0 Å². The quantitative estimate of drug-likeness (QED) is 0.456. The number of carbonyl (C=O) groups excluding carboxylic acids is 3. The van der Waals surface area contributed by atoms with E-state index in [-0.39, 0.29) is 19.2 Å². The third-order valence-corrected chi connectivity index (χ3v) is 6.39. The van der Waals surface area contributed by atoms with Gasteiger partial charge in [-0.25, -0.2) is 9.59 Å². The van der Waals surface area contributed by atoms with Crippen molar-refractivity contribution in [1.82, 2.24) is 9.80 Å². The van der Waals surface area contributed by atoms with E-state index in [1.807, 2.05) is 60.7 Å². The molecule has 1 heterocycles. The van der Waals surface area contributed by atoms with Crippen molar-refractivity contribution in [2.75, 3.05) is 0 Å². The van der Waals surface area contributed by atoms with Gasteiger partial charge >= 0.3 is 12.0 Å². The Balaban J connectivity index is 1.64. The first-order valence-corrected chi connectivity index (χ1v) is 11.5. The van der Waals surface area contributed by atoms with Gasteiger partial charge in [-0.05, 0) is 48.4 Å². The van der Waals surface area contributed by atoms with Crippen LogP contribution in [0.1, 0.15) is 43.2 Å². The molecule has 2 aliphatic rings. The largest absolute Gasteiger partial charge is 0.461 e. The minimum atomic E-state index is -1.11. The molecule has 0 bridgehead atoms. The zero-order valence-electron chi connectivity index (χ0n) is 17.9. The van der Waals surface area contributed by atoms with E-state index < -0.39 is 29.3 Å². The molecule has 0 unspecified atom stereocenters. The Bertz CT molecular complexity index is 947. The Morgan fingerprint density at radius 2 is 1.31 bits per heavy atom. The van der Waals surface area contributed by atoms with Gasteiger partial charge in [0.05, 0.1) is 0 Å². The first kappa shape index (κ1) is 22.3. The second-order valence-electron chi connectivity index (χ2n) is 8.40. The maximum Gasteiger partial charge on any atom is 0.331 e. The molecule has 1 saturated carbocycles. The normalized spacial score (nSPS) is 21.6. The number of urea groups is 1. The minimum absolute atomic E-state index is 0.181. The third kappa shape index (κ3) is 4.96. The molecule has 1 aliphatic heterocycles. The van der Waals surface area contributed by atoms with Crippen LogP contribution in [0.5, 0.6) is 0 Å². The van der Waals surface area contributed by atoms with Gasteiger partial charge in [0.25, 0.3) is 0 Å². The Hall–Kier alpha value is -2.86. The van der Waals surface area contributed by atoms with E-state index >= 15 is 0 Å². The standard InChI is InChI=1S/C25H27ClN2O4/c26-23(29)21-22(24(30)32-20-14-8-3-9-15-20)28(17-19-12-6-2-7-13-19)25(31)27(21)16-18-10-4-1-5-11-18/h1-2,4-7,10-13,20-22H,3,8-9,14-17H2/t21-,22+/m1/s1. The number of benzene rings is 2. The predicted octanol–water partition coefficient (Wildman–Crippen LogP) is 4.50. The van der Waals surface area contributed by atoms with Crippen LogP contribution >= 0.6 is 11.6 Å². The van der Waals surface area contributed by atoms with E-state index in [9.17, 15) is 14.4 Å². The molecule has 32 heavy (non-hydrogen) atoms. The summed E-state index contributed by atoms with van der Waals surface area (Å²) in [4.78, 5) is 42.1. The maximum atomic E-state index is 13.5. The van der Waals surface area contributed by atoms with E-state index in [4.69, 9.17) is 16.3 Å². The highest BCUT2D eigenvalue weighted by Crippen LogP contribution is 2.31. The number of hydrogen-bond acceptors (Lipinski definition) is 4. The number of esters is 1. The fourth-order valence-corrected chi connectivity index (χ4v) is 4.79. The van der Waals surface area contributed by atoms with Gasteiger partial charge in [-0.15, -0.1) is 0 Å². The van der Waals surface area contributed by atoms with Gasteiger partial charge in [0.15, 0.2) is 6.04 Å². The molecular weight excluding hydrogens is 428 g/mol. The molecule has 0 spiro atoms. The van der Waals surface area contributed by atoms with Crippen molar-refractivity contribution >= 4 is 28.8 Å². The number of amides is 2. The molecule has 2 aromatic carbocycles. The van der Waals surface area contributed by atoms with Crippen molar-refractivity contribution in [3.05, 3.63) is 71.8 Å². The van der Waals surface area contributed by atoms with Crippen molar-refractivity contribution in [3.8, 4) is 0 Å². The van der Waals surface area contributed by atoms with E-state index in [1.54, 1.807) is 0 Å². The molecule has 6 nitrogen and oxygen atoms in total. The van der Waals surface area contributed by atoms with Gasteiger partial charge in [0.2, 0.25) is 5.24 Å². The van der Waals surface area contributed by atoms with Crippen LogP contribution in [0.25, 0.3) is 0 Å². The molecule has 2 fully saturated rings. The fraction of sp³-hybridized carbons (Fsp3) is 0.400.